The van der Waals surface area contributed by atoms with Gasteiger partial charge in [-0.25, -0.2) is 14.5 Å². The van der Waals surface area contributed by atoms with Crippen LogP contribution in [0.15, 0.2) is 24.3 Å². The molecule has 1 fully saturated rings. The van der Waals surface area contributed by atoms with Crippen molar-refractivity contribution in [2.24, 2.45) is 0 Å². The molecule has 1 unspecified atom stereocenters. The molecule has 1 saturated heterocycles. The van der Waals surface area contributed by atoms with Crippen molar-refractivity contribution in [2.75, 3.05) is 6.61 Å². The number of carboxylic acid groups (broad SMARTS) is 1. The summed E-state index contributed by atoms with van der Waals surface area (Å²) in [7, 11) is 0. The summed E-state index contributed by atoms with van der Waals surface area (Å²) in [6.45, 7) is 0.185. The molecule has 0 radical (unpaired) electrons. The van der Waals surface area contributed by atoms with E-state index in [0.717, 1.165) is 0 Å². The van der Waals surface area contributed by atoms with E-state index in [1.165, 1.54) is 24.3 Å². The van der Waals surface area contributed by atoms with Gasteiger partial charge in [0.15, 0.2) is 0 Å². The Hall–Kier alpha value is -1.92. The maximum Gasteiger partial charge on any atom is 0.340 e. The third-order valence-electron chi connectivity index (χ3n) is 1.96. The molecular formula is C10H8O6. The lowest BCUT2D eigenvalue weighted by Gasteiger charge is -2.23. The van der Waals surface area contributed by atoms with Gasteiger partial charge in [0.2, 0.25) is 0 Å². The third-order valence-corrected chi connectivity index (χ3v) is 1.96. The molecule has 0 aliphatic carbocycles. The van der Waals surface area contributed by atoms with Gasteiger partial charge in [-0.05, 0) is 18.2 Å². The van der Waals surface area contributed by atoms with Crippen LogP contribution in [-0.2, 0) is 14.5 Å². The smallest absolute Gasteiger partial charge is 0.340 e. The lowest BCUT2D eigenvalue weighted by atomic mass is 10.1. The molecule has 1 aliphatic rings. The van der Waals surface area contributed by atoms with Crippen molar-refractivity contribution >= 4 is 11.9 Å². The molecule has 1 aromatic carbocycles. The first-order valence-corrected chi connectivity index (χ1v) is 4.49. The van der Waals surface area contributed by atoms with E-state index in [-0.39, 0.29) is 17.7 Å². The summed E-state index contributed by atoms with van der Waals surface area (Å²) >= 11 is 0. The highest BCUT2D eigenvalue weighted by Gasteiger charge is 2.25. The van der Waals surface area contributed by atoms with Gasteiger partial charge in [0.1, 0.15) is 6.61 Å². The van der Waals surface area contributed by atoms with Crippen LogP contribution < -0.4 is 0 Å². The number of aromatic carboxylic acids is 1. The van der Waals surface area contributed by atoms with Crippen molar-refractivity contribution in [3.8, 4) is 0 Å². The number of hydrogen-bond donors (Lipinski definition) is 1. The second kappa shape index (κ2) is 4.30. The van der Waals surface area contributed by atoms with Crippen molar-refractivity contribution in [1.29, 1.82) is 0 Å². The lowest BCUT2D eigenvalue weighted by Crippen LogP contribution is -2.35. The molecule has 1 aromatic rings. The predicted octanol–water partition coefficient (Wildman–Crippen LogP) is 0.829. The number of carbonyl (C=O) groups is 2. The summed E-state index contributed by atoms with van der Waals surface area (Å²) in [6, 6.07) is 5.57. The average molecular weight is 224 g/mol. The summed E-state index contributed by atoms with van der Waals surface area (Å²) in [4.78, 5) is 30.9. The van der Waals surface area contributed by atoms with E-state index in [4.69, 9.17) is 9.84 Å². The highest BCUT2D eigenvalue weighted by Crippen LogP contribution is 2.12. The van der Waals surface area contributed by atoms with Crippen LogP contribution in [0.2, 0.25) is 0 Å². The van der Waals surface area contributed by atoms with Gasteiger partial charge >= 0.3 is 11.9 Å². The van der Waals surface area contributed by atoms with Gasteiger partial charge in [0, 0.05) is 0 Å². The Morgan fingerprint density at radius 1 is 1.38 bits per heavy atom. The molecule has 6 nitrogen and oxygen atoms in total. The van der Waals surface area contributed by atoms with Crippen LogP contribution >= 0.6 is 0 Å². The van der Waals surface area contributed by atoms with Gasteiger partial charge in [-0.1, -0.05) is 6.07 Å². The molecule has 1 aliphatic heterocycles. The fourth-order valence-corrected chi connectivity index (χ4v) is 1.14. The molecule has 1 atom stereocenters. The SMILES string of the molecule is O=C(O)c1cccc(C(=O)OC2COO2)c1. The largest absolute Gasteiger partial charge is 0.478 e. The fourth-order valence-electron chi connectivity index (χ4n) is 1.14. The molecule has 0 saturated carbocycles. The van der Waals surface area contributed by atoms with E-state index in [1.807, 2.05) is 0 Å². The highest BCUT2D eigenvalue weighted by molar-refractivity contribution is 5.94. The van der Waals surface area contributed by atoms with Gasteiger partial charge in [-0.15, -0.1) is 0 Å². The predicted molar refractivity (Wildman–Crippen MR) is 49.6 cm³/mol. The molecule has 16 heavy (non-hydrogen) atoms. The zero-order chi connectivity index (χ0) is 11.5. The molecule has 0 spiro atoms. The minimum Gasteiger partial charge on any atom is -0.478 e. The number of rotatable bonds is 3. The summed E-state index contributed by atoms with van der Waals surface area (Å²) in [5, 5.41) is 8.73. The maximum atomic E-state index is 11.5. The quantitative estimate of drug-likeness (QED) is 0.604. The molecule has 0 amide bonds. The number of benzene rings is 1. The van der Waals surface area contributed by atoms with Crippen molar-refractivity contribution in [3.05, 3.63) is 35.4 Å². The van der Waals surface area contributed by atoms with Crippen molar-refractivity contribution in [1.82, 2.24) is 0 Å². The van der Waals surface area contributed by atoms with Crippen LogP contribution in [0.4, 0.5) is 0 Å². The topological polar surface area (TPSA) is 82.1 Å². The Kier molecular flexibility index (Phi) is 2.84. The minimum absolute atomic E-state index is 0.0280. The average Bonchev–Trinajstić information content (AvgIpc) is 2.23. The lowest BCUT2D eigenvalue weighted by molar-refractivity contribution is -0.471. The zero-order valence-corrected chi connectivity index (χ0v) is 8.08. The van der Waals surface area contributed by atoms with E-state index < -0.39 is 18.2 Å². The Morgan fingerprint density at radius 2 is 2.06 bits per heavy atom. The minimum atomic E-state index is -1.10. The molecule has 1 heterocycles. The number of hydrogen-bond acceptors (Lipinski definition) is 5. The Morgan fingerprint density at radius 3 is 2.62 bits per heavy atom. The van der Waals surface area contributed by atoms with Crippen molar-refractivity contribution in [2.45, 2.75) is 6.29 Å². The van der Waals surface area contributed by atoms with Gasteiger partial charge in [-0.2, -0.15) is 4.89 Å². The van der Waals surface area contributed by atoms with Crippen LogP contribution in [0.3, 0.4) is 0 Å². The van der Waals surface area contributed by atoms with E-state index in [2.05, 4.69) is 9.78 Å². The number of ether oxygens (including phenoxy) is 1. The maximum absolute atomic E-state index is 11.5. The number of carboxylic acids is 1. The zero-order valence-electron chi connectivity index (χ0n) is 8.08. The molecule has 84 valence electrons. The van der Waals surface area contributed by atoms with Crippen LogP contribution in [0.5, 0.6) is 0 Å². The molecule has 0 bridgehead atoms. The molecule has 2 rings (SSSR count). The number of esters is 1. The van der Waals surface area contributed by atoms with E-state index in [1.54, 1.807) is 0 Å². The van der Waals surface area contributed by atoms with E-state index >= 15 is 0 Å². The number of carbonyl (C=O) groups excluding carboxylic acids is 1. The van der Waals surface area contributed by atoms with Crippen LogP contribution in [-0.4, -0.2) is 29.9 Å². The fraction of sp³-hybridized carbons (Fsp3) is 0.200. The summed E-state index contributed by atoms with van der Waals surface area (Å²) in [5.74, 6) is -1.74. The van der Waals surface area contributed by atoms with Gasteiger partial charge < -0.3 is 9.84 Å². The van der Waals surface area contributed by atoms with E-state index in [9.17, 15) is 9.59 Å². The molecule has 0 aromatic heterocycles. The van der Waals surface area contributed by atoms with Crippen LogP contribution in [0.1, 0.15) is 20.7 Å². The first-order chi connectivity index (χ1) is 7.66. The highest BCUT2D eigenvalue weighted by atomic mass is 17.3. The van der Waals surface area contributed by atoms with Crippen LogP contribution in [0, 0.1) is 0 Å². The van der Waals surface area contributed by atoms with E-state index in [0.29, 0.717) is 0 Å². The van der Waals surface area contributed by atoms with Gasteiger partial charge in [0.25, 0.3) is 6.29 Å². The summed E-state index contributed by atoms with van der Waals surface area (Å²) in [6.07, 6.45) is -0.707. The molecule has 1 N–H and O–H groups in total. The molecular weight excluding hydrogens is 216 g/mol. The Balaban J connectivity index is 2.09. The second-order valence-corrected chi connectivity index (χ2v) is 3.10. The first-order valence-electron chi connectivity index (χ1n) is 4.49. The Labute approximate surface area is 90.3 Å². The third kappa shape index (κ3) is 2.18. The standard InChI is InChI=1S/C10H8O6/c11-9(12)6-2-1-3-7(4-6)10(13)15-8-5-14-16-8/h1-4,8H,5H2,(H,11,12). The second-order valence-electron chi connectivity index (χ2n) is 3.10. The van der Waals surface area contributed by atoms with Crippen molar-refractivity contribution in [3.63, 3.8) is 0 Å². The first kappa shape index (κ1) is 10.6. The summed E-state index contributed by atoms with van der Waals surface area (Å²) in [5.41, 5.74) is 0.190. The normalized spacial score (nSPS) is 18.6. The van der Waals surface area contributed by atoms with Gasteiger partial charge in [0.05, 0.1) is 11.1 Å². The Bertz CT molecular complexity index is 423. The molecule has 6 heteroatoms. The van der Waals surface area contributed by atoms with Crippen molar-refractivity contribution < 1.29 is 29.2 Å². The van der Waals surface area contributed by atoms with Gasteiger partial charge in [-0.3, -0.25) is 0 Å². The monoisotopic (exact) mass is 224 g/mol. The summed E-state index contributed by atoms with van der Waals surface area (Å²) < 4.78 is 4.83. The van der Waals surface area contributed by atoms with Crippen LogP contribution in [0.25, 0.3) is 0 Å².